The van der Waals surface area contributed by atoms with Gasteiger partial charge in [0.25, 0.3) is 0 Å². The molecule has 1 N–H and O–H groups in total. The van der Waals surface area contributed by atoms with E-state index in [1.165, 1.54) is 24.0 Å². The van der Waals surface area contributed by atoms with Gasteiger partial charge in [-0.25, -0.2) is 4.79 Å². The average molecular weight is 282 g/mol. The molecule has 0 amide bonds. The monoisotopic (exact) mass is 282 g/mol. The van der Waals surface area contributed by atoms with Crippen molar-refractivity contribution in [3.8, 4) is 5.75 Å². The molecule has 2 aromatic carbocycles. The maximum absolute atomic E-state index is 11.5. The third-order valence-corrected chi connectivity index (χ3v) is 3.90. The highest BCUT2D eigenvalue weighted by atomic mass is 16.5. The zero-order chi connectivity index (χ0) is 14.7. The molecule has 3 heteroatoms. The van der Waals surface area contributed by atoms with Crippen molar-refractivity contribution in [3.63, 3.8) is 0 Å². The van der Waals surface area contributed by atoms with Crippen molar-refractivity contribution in [2.45, 2.75) is 31.8 Å². The van der Waals surface area contributed by atoms with Crippen molar-refractivity contribution in [1.29, 1.82) is 0 Å². The van der Waals surface area contributed by atoms with Gasteiger partial charge in [-0.1, -0.05) is 36.4 Å². The SMILES string of the molecule is O=C(O)C(Oc1ccc2c(c1)CCCC2)c1ccccc1. The first kappa shape index (κ1) is 13.7. The van der Waals surface area contributed by atoms with Crippen LogP contribution < -0.4 is 4.74 Å². The summed E-state index contributed by atoms with van der Waals surface area (Å²) in [6.07, 6.45) is 3.62. The molecule has 0 radical (unpaired) electrons. The van der Waals surface area contributed by atoms with E-state index in [9.17, 15) is 9.90 Å². The van der Waals surface area contributed by atoms with Gasteiger partial charge in [0, 0.05) is 5.56 Å². The van der Waals surface area contributed by atoms with Gasteiger partial charge in [-0.15, -0.1) is 0 Å². The summed E-state index contributed by atoms with van der Waals surface area (Å²) in [5, 5.41) is 9.40. The molecule has 0 heterocycles. The maximum Gasteiger partial charge on any atom is 0.349 e. The van der Waals surface area contributed by atoms with Crippen LogP contribution in [-0.2, 0) is 17.6 Å². The van der Waals surface area contributed by atoms with E-state index in [4.69, 9.17) is 4.74 Å². The molecule has 1 atom stereocenters. The third-order valence-electron chi connectivity index (χ3n) is 3.90. The fourth-order valence-electron chi connectivity index (χ4n) is 2.81. The summed E-state index contributed by atoms with van der Waals surface area (Å²) in [6, 6.07) is 15.0. The molecule has 108 valence electrons. The van der Waals surface area contributed by atoms with Gasteiger partial charge in [0.15, 0.2) is 0 Å². The van der Waals surface area contributed by atoms with E-state index in [0.717, 1.165) is 12.8 Å². The van der Waals surface area contributed by atoms with Gasteiger partial charge in [0.1, 0.15) is 5.75 Å². The van der Waals surface area contributed by atoms with Crippen LogP contribution in [-0.4, -0.2) is 11.1 Å². The van der Waals surface area contributed by atoms with Gasteiger partial charge in [0.05, 0.1) is 0 Å². The molecule has 2 aromatic rings. The number of aliphatic carboxylic acids is 1. The number of carboxylic acid groups (broad SMARTS) is 1. The minimum absolute atomic E-state index is 0.631. The lowest BCUT2D eigenvalue weighted by atomic mass is 9.92. The van der Waals surface area contributed by atoms with Gasteiger partial charge in [-0.3, -0.25) is 0 Å². The summed E-state index contributed by atoms with van der Waals surface area (Å²) < 4.78 is 5.73. The van der Waals surface area contributed by atoms with Crippen molar-refractivity contribution >= 4 is 5.97 Å². The Morgan fingerprint density at radius 3 is 2.43 bits per heavy atom. The number of rotatable bonds is 4. The van der Waals surface area contributed by atoms with Crippen molar-refractivity contribution in [2.24, 2.45) is 0 Å². The van der Waals surface area contributed by atoms with Gasteiger partial charge in [0.2, 0.25) is 6.10 Å². The molecular weight excluding hydrogens is 264 g/mol. The number of hydrogen-bond donors (Lipinski definition) is 1. The molecule has 0 aliphatic heterocycles. The quantitative estimate of drug-likeness (QED) is 0.928. The fourth-order valence-corrected chi connectivity index (χ4v) is 2.81. The number of aryl methyl sites for hydroxylation is 2. The Labute approximate surface area is 124 Å². The average Bonchev–Trinajstić information content (AvgIpc) is 2.53. The minimum Gasteiger partial charge on any atom is -0.478 e. The van der Waals surface area contributed by atoms with Crippen LogP contribution in [0.2, 0.25) is 0 Å². The van der Waals surface area contributed by atoms with Crippen molar-refractivity contribution < 1.29 is 14.6 Å². The van der Waals surface area contributed by atoms with Crippen LogP contribution in [0.4, 0.5) is 0 Å². The Kier molecular flexibility index (Phi) is 3.91. The predicted molar refractivity (Wildman–Crippen MR) is 80.5 cm³/mol. The topological polar surface area (TPSA) is 46.5 Å². The number of ether oxygens (including phenoxy) is 1. The first-order chi connectivity index (χ1) is 10.2. The first-order valence-corrected chi connectivity index (χ1v) is 7.30. The summed E-state index contributed by atoms with van der Waals surface area (Å²) in [6.45, 7) is 0. The predicted octanol–water partition coefficient (Wildman–Crippen LogP) is 3.77. The summed E-state index contributed by atoms with van der Waals surface area (Å²) in [7, 11) is 0. The first-order valence-electron chi connectivity index (χ1n) is 7.30. The molecule has 21 heavy (non-hydrogen) atoms. The summed E-state index contributed by atoms with van der Waals surface area (Å²) in [5.74, 6) is -0.342. The zero-order valence-electron chi connectivity index (χ0n) is 11.8. The van der Waals surface area contributed by atoms with Crippen LogP contribution in [0.1, 0.15) is 35.6 Å². The van der Waals surface area contributed by atoms with E-state index < -0.39 is 12.1 Å². The second-order valence-electron chi connectivity index (χ2n) is 5.38. The molecule has 3 rings (SSSR count). The van der Waals surface area contributed by atoms with E-state index in [1.54, 1.807) is 12.1 Å². The van der Waals surface area contributed by atoms with Crippen LogP contribution in [0.5, 0.6) is 5.75 Å². The molecular formula is C18H18O3. The van der Waals surface area contributed by atoms with Gasteiger partial charge in [-0.05, 0) is 48.9 Å². The van der Waals surface area contributed by atoms with Crippen molar-refractivity contribution in [1.82, 2.24) is 0 Å². The fraction of sp³-hybridized carbons (Fsp3) is 0.278. The van der Waals surface area contributed by atoms with E-state index >= 15 is 0 Å². The number of carboxylic acids is 1. The second-order valence-corrected chi connectivity index (χ2v) is 5.38. The highest BCUT2D eigenvalue weighted by molar-refractivity contribution is 5.74. The number of carbonyl (C=O) groups is 1. The lowest BCUT2D eigenvalue weighted by Crippen LogP contribution is -2.18. The second kappa shape index (κ2) is 6.00. The summed E-state index contributed by atoms with van der Waals surface area (Å²) in [4.78, 5) is 11.5. The van der Waals surface area contributed by atoms with Gasteiger partial charge in [-0.2, -0.15) is 0 Å². The van der Waals surface area contributed by atoms with Gasteiger partial charge < -0.3 is 9.84 Å². The van der Waals surface area contributed by atoms with Crippen LogP contribution in [0, 0.1) is 0 Å². The number of benzene rings is 2. The number of hydrogen-bond acceptors (Lipinski definition) is 2. The standard InChI is InChI=1S/C18H18O3/c19-18(20)17(14-7-2-1-3-8-14)21-16-11-10-13-6-4-5-9-15(13)12-16/h1-3,7-8,10-12,17H,4-6,9H2,(H,19,20). The Hall–Kier alpha value is -2.29. The van der Waals surface area contributed by atoms with Crippen LogP contribution >= 0.6 is 0 Å². The molecule has 0 aromatic heterocycles. The van der Waals surface area contributed by atoms with E-state index in [-0.39, 0.29) is 0 Å². The Morgan fingerprint density at radius 2 is 1.71 bits per heavy atom. The molecule has 0 fully saturated rings. The number of fused-ring (bicyclic) bond motifs is 1. The van der Waals surface area contributed by atoms with Crippen LogP contribution in [0.25, 0.3) is 0 Å². The van der Waals surface area contributed by atoms with Crippen LogP contribution in [0.3, 0.4) is 0 Å². The molecule has 0 spiro atoms. The molecule has 0 saturated heterocycles. The van der Waals surface area contributed by atoms with Gasteiger partial charge >= 0.3 is 5.97 Å². The van der Waals surface area contributed by atoms with E-state index in [1.807, 2.05) is 30.3 Å². The molecule has 1 unspecified atom stereocenters. The zero-order valence-corrected chi connectivity index (χ0v) is 11.8. The Bertz CT molecular complexity index is 634. The van der Waals surface area contributed by atoms with Crippen molar-refractivity contribution in [2.75, 3.05) is 0 Å². The summed E-state index contributed by atoms with van der Waals surface area (Å²) >= 11 is 0. The third kappa shape index (κ3) is 3.07. The van der Waals surface area contributed by atoms with E-state index in [0.29, 0.717) is 11.3 Å². The van der Waals surface area contributed by atoms with E-state index in [2.05, 4.69) is 6.07 Å². The smallest absolute Gasteiger partial charge is 0.349 e. The molecule has 0 bridgehead atoms. The van der Waals surface area contributed by atoms with Crippen LogP contribution in [0.15, 0.2) is 48.5 Å². The molecule has 0 saturated carbocycles. The lowest BCUT2D eigenvalue weighted by molar-refractivity contribution is -0.145. The maximum atomic E-state index is 11.5. The normalized spacial score (nSPS) is 15.0. The lowest BCUT2D eigenvalue weighted by Gasteiger charge is -2.19. The highest BCUT2D eigenvalue weighted by Crippen LogP contribution is 2.28. The Balaban J connectivity index is 1.85. The Morgan fingerprint density at radius 1 is 1.00 bits per heavy atom. The molecule has 1 aliphatic carbocycles. The van der Waals surface area contributed by atoms with Crippen molar-refractivity contribution in [3.05, 3.63) is 65.2 Å². The largest absolute Gasteiger partial charge is 0.478 e. The molecule has 3 nitrogen and oxygen atoms in total. The minimum atomic E-state index is -0.973. The summed E-state index contributed by atoms with van der Waals surface area (Å²) in [5.41, 5.74) is 3.30. The highest BCUT2D eigenvalue weighted by Gasteiger charge is 2.22. The molecule has 1 aliphatic rings.